The summed E-state index contributed by atoms with van der Waals surface area (Å²) in [5, 5.41) is 6.14. The van der Waals surface area contributed by atoms with Crippen LogP contribution in [0.1, 0.15) is 57.6 Å². The molecule has 5 heteroatoms. The van der Waals surface area contributed by atoms with Crippen molar-refractivity contribution in [3.8, 4) is 0 Å². The lowest BCUT2D eigenvalue weighted by Crippen LogP contribution is -2.41. The summed E-state index contributed by atoms with van der Waals surface area (Å²) in [6, 6.07) is 9.67. The Kier molecular flexibility index (Phi) is 4.92. The maximum atomic E-state index is 12.3. The molecule has 0 atom stereocenters. The zero-order chi connectivity index (χ0) is 18.0. The van der Waals surface area contributed by atoms with Gasteiger partial charge in [0.05, 0.1) is 0 Å². The Labute approximate surface area is 143 Å². The van der Waals surface area contributed by atoms with Crippen molar-refractivity contribution in [2.24, 2.45) is 0 Å². The zero-order valence-electron chi connectivity index (χ0n) is 15.3. The second kappa shape index (κ2) is 6.59. The Morgan fingerprint density at radius 3 is 2.29 bits per heavy atom. The molecule has 1 aromatic carbocycles. The Hall–Kier alpha value is -2.43. The summed E-state index contributed by atoms with van der Waals surface area (Å²) >= 11 is 0. The van der Waals surface area contributed by atoms with Gasteiger partial charge >= 0.3 is 0 Å². The van der Waals surface area contributed by atoms with Crippen LogP contribution in [0, 0.1) is 0 Å². The van der Waals surface area contributed by atoms with Crippen LogP contribution in [0.2, 0.25) is 0 Å². The van der Waals surface area contributed by atoms with Crippen molar-refractivity contribution < 1.29 is 4.79 Å². The molecule has 5 nitrogen and oxygen atoms in total. The van der Waals surface area contributed by atoms with Gasteiger partial charge in [0.2, 0.25) is 5.95 Å². The van der Waals surface area contributed by atoms with Gasteiger partial charge in [-0.1, -0.05) is 39.0 Å². The lowest BCUT2D eigenvalue weighted by atomic mass is 9.86. The number of carbonyl (C=O) groups is 1. The van der Waals surface area contributed by atoms with Crippen LogP contribution in [-0.4, -0.2) is 21.4 Å². The van der Waals surface area contributed by atoms with Crippen molar-refractivity contribution in [3.63, 3.8) is 0 Å². The van der Waals surface area contributed by atoms with E-state index in [0.29, 0.717) is 11.6 Å². The molecule has 0 aliphatic rings. The second-order valence-electron chi connectivity index (χ2n) is 7.89. The van der Waals surface area contributed by atoms with Gasteiger partial charge in [0, 0.05) is 17.4 Å². The molecule has 1 aromatic heterocycles. The van der Waals surface area contributed by atoms with E-state index in [-0.39, 0.29) is 16.9 Å². The molecular weight excluding hydrogens is 300 g/mol. The van der Waals surface area contributed by atoms with Gasteiger partial charge in [0.25, 0.3) is 5.91 Å². The fourth-order valence-electron chi connectivity index (χ4n) is 2.32. The monoisotopic (exact) mass is 326 g/mol. The van der Waals surface area contributed by atoms with Crippen LogP contribution in [0.3, 0.4) is 0 Å². The minimum atomic E-state index is -0.311. The fourth-order valence-corrected chi connectivity index (χ4v) is 2.32. The highest BCUT2D eigenvalue weighted by atomic mass is 16.2. The zero-order valence-corrected chi connectivity index (χ0v) is 15.3. The predicted molar refractivity (Wildman–Crippen MR) is 97.7 cm³/mol. The third kappa shape index (κ3) is 4.78. The van der Waals surface area contributed by atoms with Crippen molar-refractivity contribution in [2.45, 2.75) is 52.5 Å². The van der Waals surface area contributed by atoms with Crippen LogP contribution in [-0.2, 0) is 5.41 Å². The second-order valence-corrected chi connectivity index (χ2v) is 7.89. The first-order valence-electron chi connectivity index (χ1n) is 8.08. The highest BCUT2D eigenvalue weighted by Crippen LogP contribution is 2.30. The van der Waals surface area contributed by atoms with Gasteiger partial charge in [-0.2, -0.15) is 0 Å². The van der Waals surface area contributed by atoms with Gasteiger partial charge in [0.15, 0.2) is 0 Å². The summed E-state index contributed by atoms with van der Waals surface area (Å²) in [5.74, 6) is 0.199. The van der Waals surface area contributed by atoms with Crippen molar-refractivity contribution in [2.75, 3.05) is 5.32 Å². The largest absolute Gasteiger partial charge is 0.346 e. The number of nitrogens with one attached hydrogen (secondary N) is 2. The molecule has 0 radical (unpaired) electrons. The summed E-state index contributed by atoms with van der Waals surface area (Å²) in [7, 11) is 0. The van der Waals surface area contributed by atoms with E-state index in [4.69, 9.17) is 0 Å². The SMILES string of the molecule is CC(C)(C)NC(=O)c1ccnc(Nc2ccccc2C(C)(C)C)n1. The van der Waals surface area contributed by atoms with Crippen molar-refractivity contribution in [1.29, 1.82) is 0 Å². The van der Waals surface area contributed by atoms with E-state index >= 15 is 0 Å². The Bertz CT molecular complexity index is 727. The molecule has 0 saturated heterocycles. The fraction of sp³-hybridized carbons (Fsp3) is 0.421. The van der Waals surface area contributed by atoms with Crippen LogP contribution in [0.25, 0.3) is 0 Å². The molecule has 128 valence electrons. The molecule has 2 rings (SSSR count). The number of nitrogens with zero attached hydrogens (tertiary/aromatic N) is 2. The molecule has 1 heterocycles. The van der Waals surface area contributed by atoms with Crippen molar-refractivity contribution >= 4 is 17.5 Å². The van der Waals surface area contributed by atoms with Gasteiger partial charge in [-0.25, -0.2) is 9.97 Å². The minimum absolute atomic E-state index is 0.00911. The molecule has 1 amide bonds. The first-order valence-corrected chi connectivity index (χ1v) is 8.08. The number of benzene rings is 1. The topological polar surface area (TPSA) is 66.9 Å². The standard InChI is InChI=1S/C19H26N4O/c1-18(2,3)13-9-7-8-10-14(13)21-17-20-12-11-15(22-17)16(24)23-19(4,5)6/h7-12H,1-6H3,(H,23,24)(H,20,21,22). The molecular formula is C19H26N4O. The summed E-state index contributed by atoms with van der Waals surface area (Å²) < 4.78 is 0. The van der Waals surface area contributed by atoms with Crippen LogP contribution in [0.5, 0.6) is 0 Å². The number of hydrogen-bond acceptors (Lipinski definition) is 4. The van der Waals surface area contributed by atoms with Gasteiger partial charge in [-0.05, 0) is 43.9 Å². The molecule has 0 fully saturated rings. The highest BCUT2D eigenvalue weighted by Gasteiger charge is 2.19. The Balaban J connectivity index is 2.27. The van der Waals surface area contributed by atoms with E-state index in [9.17, 15) is 4.79 Å². The number of carbonyl (C=O) groups excluding carboxylic acids is 1. The number of hydrogen-bond donors (Lipinski definition) is 2. The highest BCUT2D eigenvalue weighted by molar-refractivity contribution is 5.93. The molecule has 0 spiro atoms. The van der Waals surface area contributed by atoms with E-state index in [1.54, 1.807) is 12.3 Å². The van der Waals surface area contributed by atoms with Crippen molar-refractivity contribution in [3.05, 3.63) is 47.8 Å². The summed E-state index contributed by atoms with van der Waals surface area (Å²) in [6.45, 7) is 12.3. The number of para-hydroxylation sites is 1. The van der Waals surface area contributed by atoms with Crippen molar-refractivity contribution in [1.82, 2.24) is 15.3 Å². The Morgan fingerprint density at radius 2 is 1.67 bits per heavy atom. The minimum Gasteiger partial charge on any atom is -0.346 e. The molecule has 0 bridgehead atoms. The lowest BCUT2D eigenvalue weighted by molar-refractivity contribution is 0.0914. The molecule has 2 aromatic rings. The molecule has 24 heavy (non-hydrogen) atoms. The van der Waals surface area contributed by atoms with Crippen LogP contribution >= 0.6 is 0 Å². The first-order chi connectivity index (χ1) is 11.1. The quantitative estimate of drug-likeness (QED) is 0.893. The van der Waals surface area contributed by atoms with E-state index in [2.05, 4.69) is 47.4 Å². The summed E-state index contributed by atoms with van der Waals surface area (Å²) in [4.78, 5) is 20.8. The van der Waals surface area contributed by atoms with Crippen LogP contribution in [0.15, 0.2) is 36.5 Å². The summed E-state index contributed by atoms with van der Waals surface area (Å²) in [6.07, 6.45) is 1.59. The van der Waals surface area contributed by atoms with Crippen LogP contribution < -0.4 is 10.6 Å². The van der Waals surface area contributed by atoms with Crippen LogP contribution in [0.4, 0.5) is 11.6 Å². The normalized spacial score (nSPS) is 11.9. The number of amides is 1. The number of rotatable bonds is 3. The first kappa shape index (κ1) is 17.9. The molecule has 0 aliphatic heterocycles. The van der Waals surface area contributed by atoms with E-state index in [1.165, 1.54) is 0 Å². The average Bonchev–Trinajstić information content (AvgIpc) is 2.45. The predicted octanol–water partition coefficient (Wildman–Crippen LogP) is 4.05. The van der Waals surface area contributed by atoms with Gasteiger partial charge < -0.3 is 10.6 Å². The maximum Gasteiger partial charge on any atom is 0.270 e. The maximum absolute atomic E-state index is 12.3. The third-order valence-electron chi connectivity index (χ3n) is 3.36. The summed E-state index contributed by atoms with van der Waals surface area (Å²) in [5.41, 5.74) is 2.13. The third-order valence-corrected chi connectivity index (χ3v) is 3.36. The smallest absolute Gasteiger partial charge is 0.270 e. The lowest BCUT2D eigenvalue weighted by Gasteiger charge is -2.23. The van der Waals surface area contributed by atoms with Gasteiger partial charge in [0.1, 0.15) is 5.69 Å². The Morgan fingerprint density at radius 1 is 1.00 bits per heavy atom. The van der Waals surface area contributed by atoms with Gasteiger partial charge in [-0.3, -0.25) is 4.79 Å². The van der Waals surface area contributed by atoms with E-state index in [0.717, 1.165) is 11.3 Å². The van der Waals surface area contributed by atoms with E-state index in [1.807, 2.05) is 39.0 Å². The number of aromatic nitrogens is 2. The molecule has 0 aliphatic carbocycles. The van der Waals surface area contributed by atoms with Gasteiger partial charge in [-0.15, -0.1) is 0 Å². The average molecular weight is 326 g/mol. The molecule has 2 N–H and O–H groups in total. The number of anilines is 2. The molecule has 0 unspecified atom stereocenters. The van der Waals surface area contributed by atoms with E-state index < -0.39 is 0 Å². The molecule has 0 saturated carbocycles.